The summed E-state index contributed by atoms with van der Waals surface area (Å²) in [6.45, 7) is 7.11. The summed E-state index contributed by atoms with van der Waals surface area (Å²) in [6.07, 6.45) is 5.28. The van der Waals surface area contributed by atoms with E-state index in [9.17, 15) is 9.90 Å². The van der Waals surface area contributed by atoms with Crippen LogP contribution in [0, 0.1) is 5.92 Å². The number of carbonyl (C=O) groups is 1. The summed E-state index contributed by atoms with van der Waals surface area (Å²) in [4.78, 5) is 14.9. The van der Waals surface area contributed by atoms with Crippen molar-refractivity contribution in [2.24, 2.45) is 5.92 Å². The Kier molecular flexibility index (Phi) is 5.73. The van der Waals surface area contributed by atoms with Crippen molar-refractivity contribution in [2.75, 3.05) is 13.2 Å². The first-order chi connectivity index (χ1) is 12.3. The van der Waals surface area contributed by atoms with Crippen molar-refractivity contribution in [2.45, 2.75) is 76.5 Å². The summed E-state index contributed by atoms with van der Waals surface area (Å²) >= 11 is 0. The summed E-state index contributed by atoms with van der Waals surface area (Å²) < 4.78 is 5.74. The highest BCUT2D eigenvalue weighted by atomic mass is 16.5. The minimum atomic E-state index is -0.814. The van der Waals surface area contributed by atoms with Crippen LogP contribution in [0.25, 0.3) is 0 Å². The van der Waals surface area contributed by atoms with Gasteiger partial charge in [-0.2, -0.15) is 0 Å². The van der Waals surface area contributed by atoms with E-state index in [0.717, 1.165) is 31.2 Å². The zero-order valence-electron chi connectivity index (χ0n) is 16.4. The van der Waals surface area contributed by atoms with Crippen molar-refractivity contribution >= 4 is 5.91 Å². The molecule has 1 aliphatic heterocycles. The first kappa shape index (κ1) is 19.4. The van der Waals surface area contributed by atoms with Gasteiger partial charge in [0.05, 0.1) is 24.2 Å². The van der Waals surface area contributed by atoms with Crippen molar-refractivity contribution in [3.05, 3.63) is 35.9 Å². The minimum absolute atomic E-state index is 0.125. The van der Waals surface area contributed by atoms with Crippen molar-refractivity contribution in [1.82, 2.24) is 4.90 Å². The molecule has 0 bridgehead atoms. The van der Waals surface area contributed by atoms with Gasteiger partial charge in [0, 0.05) is 18.5 Å². The number of amides is 1. The molecule has 1 saturated carbocycles. The number of benzene rings is 1. The molecule has 0 aromatic heterocycles. The molecule has 4 heteroatoms. The molecule has 1 heterocycles. The average molecular weight is 360 g/mol. The molecule has 3 atom stereocenters. The van der Waals surface area contributed by atoms with E-state index in [2.05, 4.69) is 0 Å². The maximum atomic E-state index is 12.9. The zero-order chi connectivity index (χ0) is 18.8. The average Bonchev–Trinajstić information content (AvgIpc) is 2.62. The molecule has 1 N–H and O–H groups in total. The number of likely N-dealkylation sites (tertiary alicyclic amines) is 1. The Labute approximate surface area is 157 Å². The summed E-state index contributed by atoms with van der Waals surface area (Å²) in [6, 6.07) is 10.2. The molecule has 0 spiro atoms. The molecule has 0 unspecified atom stereocenters. The number of aliphatic hydroxyl groups is 1. The van der Waals surface area contributed by atoms with Gasteiger partial charge in [0.1, 0.15) is 0 Å². The van der Waals surface area contributed by atoms with Gasteiger partial charge in [-0.1, -0.05) is 43.2 Å². The van der Waals surface area contributed by atoms with E-state index >= 15 is 0 Å². The molecule has 2 fully saturated rings. The lowest BCUT2D eigenvalue weighted by Crippen LogP contribution is -2.59. The lowest BCUT2D eigenvalue weighted by molar-refractivity contribution is -0.156. The van der Waals surface area contributed by atoms with E-state index in [1.165, 1.54) is 0 Å². The molecule has 26 heavy (non-hydrogen) atoms. The van der Waals surface area contributed by atoms with Crippen LogP contribution in [0.5, 0.6) is 0 Å². The normalized spacial score (nSPS) is 29.3. The molecule has 1 saturated heterocycles. The van der Waals surface area contributed by atoms with Gasteiger partial charge in [-0.3, -0.25) is 4.79 Å². The van der Waals surface area contributed by atoms with E-state index in [1.54, 1.807) is 0 Å². The van der Waals surface area contributed by atoms with Gasteiger partial charge in [0.2, 0.25) is 5.91 Å². The third kappa shape index (κ3) is 4.12. The lowest BCUT2D eigenvalue weighted by atomic mass is 9.66. The van der Waals surface area contributed by atoms with E-state index in [1.807, 2.05) is 56.0 Å². The van der Waals surface area contributed by atoms with Gasteiger partial charge in [-0.15, -0.1) is 0 Å². The maximum absolute atomic E-state index is 12.9. The Morgan fingerprint density at radius 1 is 1.23 bits per heavy atom. The molecule has 1 aliphatic carbocycles. The number of piperidine rings is 1. The highest BCUT2D eigenvalue weighted by Crippen LogP contribution is 2.47. The third-order valence-electron chi connectivity index (χ3n) is 5.92. The fraction of sp³-hybridized carbons (Fsp3) is 0.682. The van der Waals surface area contributed by atoms with E-state index in [0.29, 0.717) is 26.0 Å². The number of rotatable bonds is 4. The topological polar surface area (TPSA) is 49.8 Å². The molecular weight excluding hydrogens is 326 g/mol. The monoisotopic (exact) mass is 359 g/mol. The van der Waals surface area contributed by atoms with Crippen molar-refractivity contribution in [1.29, 1.82) is 0 Å². The molecule has 1 amide bonds. The molecule has 0 radical (unpaired) electrons. The number of hydrogen-bond donors (Lipinski definition) is 1. The molecule has 1 aromatic rings. The van der Waals surface area contributed by atoms with Crippen LogP contribution in [-0.2, 0) is 15.1 Å². The number of carbonyl (C=O) groups excluding carboxylic acids is 1. The zero-order valence-corrected chi connectivity index (χ0v) is 16.4. The Morgan fingerprint density at radius 2 is 1.92 bits per heavy atom. The van der Waals surface area contributed by atoms with Crippen LogP contribution in [-0.4, -0.2) is 40.7 Å². The Bertz CT molecular complexity index is 610. The van der Waals surface area contributed by atoms with E-state index in [-0.39, 0.29) is 23.5 Å². The Morgan fingerprint density at radius 3 is 2.62 bits per heavy atom. The van der Waals surface area contributed by atoms with Gasteiger partial charge >= 0.3 is 0 Å². The van der Waals surface area contributed by atoms with Crippen molar-refractivity contribution < 1.29 is 14.6 Å². The number of hydrogen-bond acceptors (Lipinski definition) is 3. The second kappa shape index (κ2) is 7.69. The second-order valence-corrected chi connectivity index (χ2v) is 8.80. The maximum Gasteiger partial charge on any atom is 0.225 e. The van der Waals surface area contributed by atoms with Crippen LogP contribution < -0.4 is 0 Å². The quantitative estimate of drug-likeness (QED) is 0.888. The first-order valence-corrected chi connectivity index (χ1v) is 10.0. The number of nitrogens with zero attached hydrogens (tertiary/aromatic N) is 1. The van der Waals surface area contributed by atoms with Gasteiger partial charge in [0.15, 0.2) is 0 Å². The van der Waals surface area contributed by atoms with E-state index < -0.39 is 5.60 Å². The van der Waals surface area contributed by atoms with Gasteiger partial charge in [-0.05, 0) is 45.6 Å². The summed E-state index contributed by atoms with van der Waals surface area (Å²) in [5.74, 6) is 0.293. The number of fused-ring (bicyclic) bond motifs is 1. The lowest BCUT2D eigenvalue weighted by Gasteiger charge is -2.52. The molecule has 3 rings (SSSR count). The summed E-state index contributed by atoms with van der Waals surface area (Å²) in [5.41, 5.74) is -0.0335. The van der Waals surface area contributed by atoms with Crippen LogP contribution in [0.1, 0.15) is 64.9 Å². The number of ether oxygens (including phenoxy) is 1. The SMILES string of the molecule is CC(C)(C)OCCC(=O)N1CC[C@@](O)(c2ccccc2)[C@@H]2CCCC[C@H]21. The van der Waals surface area contributed by atoms with Crippen LogP contribution in [0.2, 0.25) is 0 Å². The fourth-order valence-corrected chi connectivity index (χ4v) is 4.67. The van der Waals surface area contributed by atoms with E-state index in [4.69, 9.17) is 4.74 Å². The summed E-state index contributed by atoms with van der Waals surface area (Å²) in [5, 5.41) is 11.6. The third-order valence-corrected chi connectivity index (χ3v) is 5.92. The largest absolute Gasteiger partial charge is 0.385 e. The second-order valence-electron chi connectivity index (χ2n) is 8.80. The van der Waals surface area contributed by atoms with Crippen LogP contribution >= 0.6 is 0 Å². The molecule has 4 nitrogen and oxygen atoms in total. The van der Waals surface area contributed by atoms with Gasteiger partial charge in [-0.25, -0.2) is 0 Å². The standard InChI is InChI=1S/C22H33NO3/c1-21(2,3)26-16-13-20(24)23-15-14-22(25,17-9-5-4-6-10-17)18-11-7-8-12-19(18)23/h4-6,9-10,18-19,25H,7-8,11-16H2,1-3H3/t18-,19-,22-/m1/s1. The first-order valence-electron chi connectivity index (χ1n) is 10.0. The predicted molar refractivity (Wildman–Crippen MR) is 103 cm³/mol. The van der Waals surface area contributed by atoms with Crippen LogP contribution in [0.4, 0.5) is 0 Å². The smallest absolute Gasteiger partial charge is 0.225 e. The van der Waals surface area contributed by atoms with Gasteiger partial charge in [0.25, 0.3) is 0 Å². The molecule has 144 valence electrons. The fourth-order valence-electron chi connectivity index (χ4n) is 4.67. The molecular formula is C22H33NO3. The molecule has 1 aromatic carbocycles. The Balaban J connectivity index is 1.73. The van der Waals surface area contributed by atoms with Crippen LogP contribution in [0.15, 0.2) is 30.3 Å². The van der Waals surface area contributed by atoms with Crippen molar-refractivity contribution in [3.8, 4) is 0 Å². The predicted octanol–water partition coefficient (Wildman–Crippen LogP) is 3.87. The van der Waals surface area contributed by atoms with Crippen molar-refractivity contribution in [3.63, 3.8) is 0 Å². The Hall–Kier alpha value is -1.39. The molecule has 2 aliphatic rings. The highest BCUT2D eigenvalue weighted by Gasteiger charge is 2.50. The highest BCUT2D eigenvalue weighted by molar-refractivity contribution is 5.77. The minimum Gasteiger partial charge on any atom is -0.385 e. The van der Waals surface area contributed by atoms with Crippen LogP contribution in [0.3, 0.4) is 0 Å². The van der Waals surface area contributed by atoms with Gasteiger partial charge < -0.3 is 14.7 Å². The summed E-state index contributed by atoms with van der Waals surface area (Å²) in [7, 11) is 0.